The normalized spacial score (nSPS) is 19.9. The molecule has 33 heavy (non-hydrogen) atoms. The summed E-state index contributed by atoms with van der Waals surface area (Å²) in [6.45, 7) is 1.97. The topological polar surface area (TPSA) is 134 Å². The van der Waals surface area contributed by atoms with Crippen molar-refractivity contribution in [3.05, 3.63) is 72.2 Å². The molecule has 1 saturated carbocycles. The van der Waals surface area contributed by atoms with Crippen LogP contribution in [0.1, 0.15) is 24.0 Å². The number of benzene rings is 1. The van der Waals surface area contributed by atoms with Crippen LogP contribution in [0.2, 0.25) is 0 Å². The van der Waals surface area contributed by atoms with Crippen molar-refractivity contribution in [3.63, 3.8) is 0 Å². The molecule has 3 atom stereocenters. The summed E-state index contributed by atoms with van der Waals surface area (Å²) in [5.74, 6) is 0.341. The predicted octanol–water partition coefficient (Wildman–Crippen LogP) is 3.59. The first kappa shape index (κ1) is 24.2. The molecule has 1 aliphatic rings. The average molecular weight is 484 g/mol. The zero-order valence-corrected chi connectivity index (χ0v) is 17.8. The Labute approximate surface area is 186 Å². The Bertz CT molecular complexity index is 1210. The van der Waals surface area contributed by atoms with Crippen LogP contribution in [-0.4, -0.2) is 45.6 Å². The molecular weight excluding hydrogens is 465 g/mol. The lowest BCUT2D eigenvalue weighted by Gasteiger charge is -2.07. The summed E-state index contributed by atoms with van der Waals surface area (Å²) in [5, 5.41) is 17.6. The van der Waals surface area contributed by atoms with E-state index in [-0.39, 0.29) is 28.6 Å². The Balaban J connectivity index is 0.000000709. The van der Waals surface area contributed by atoms with Crippen LogP contribution < -0.4 is 4.72 Å². The van der Waals surface area contributed by atoms with Gasteiger partial charge < -0.3 is 10.2 Å². The highest BCUT2D eigenvalue weighted by molar-refractivity contribution is 7.89. The fourth-order valence-electron chi connectivity index (χ4n) is 3.34. The van der Waals surface area contributed by atoms with Crippen LogP contribution in [0.25, 0.3) is 5.82 Å². The summed E-state index contributed by atoms with van der Waals surface area (Å²) in [6, 6.07) is 12.0. The summed E-state index contributed by atoms with van der Waals surface area (Å²) in [6.07, 6.45) is -3.75. The predicted molar refractivity (Wildman–Crippen MR) is 109 cm³/mol. The standard InChI is InChI=1S/C19H17F3N4O2S.CH2O3/c1-12-17(13-5-3-2-4-6-13)18(12)25-29(27,28)15-7-8-16(23-10-15)26-11-14(9-24-26)19(20,21)22;2-1(3)4/h2-12,17-18,25H,1H3;(H2,2,3,4)/t12-,17-,18+;/m1./s1. The summed E-state index contributed by atoms with van der Waals surface area (Å²) in [4.78, 5) is 12.4. The van der Waals surface area contributed by atoms with Gasteiger partial charge in [-0.1, -0.05) is 37.3 Å². The van der Waals surface area contributed by atoms with Crippen molar-refractivity contribution in [1.29, 1.82) is 0 Å². The number of nitrogens with zero attached hydrogens (tertiary/aromatic N) is 3. The molecule has 0 amide bonds. The van der Waals surface area contributed by atoms with Gasteiger partial charge in [0.1, 0.15) is 4.90 Å². The first-order valence-corrected chi connectivity index (χ1v) is 11.0. The molecule has 1 aliphatic carbocycles. The SMILES string of the molecule is C[C@H]1[C@H](NS(=O)(=O)c2ccc(-n3cc(C(F)(F)F)cn3)nc2)[C@H]1c1ccccc1.O=C(O)O. The molecule has 1 aromatic carbocycles. The molecule has 13 heteroatoms. The van der Waals surface area contributed by atoms with Gasteiger partial charge in [-0.05, 0) is 23.6 Å². The Morgan fingerprint density at radius 3 is 2.24 bits per heavy atom. The fraction of sp³-hybridized carbons (Fsp3) is 0.250. The first-order chi connectivity index (χ1) is 15.4. The van der Waals surface area contributed by atoms with Gasteiger partial charge in [0.05, 0.1) is 11.8 Å². The van der Waals surface area contributed by atoms with Crippen molar-refractivity contribution >= 4 is 16.2 Å². The van der Waals surface area contributed by atoms with Crippen LogP contribution in [0.5, 0.6) is 0 Å². The molecule has 2 heterocycles. The largest absolute Gasteiger partial charge is 0.503 e. The molecule has 4 rings (SSSR count). The fourth-order valence-corrected chi connectivity index (χ4v) is 4.63. The van der Waals surface area contributed by atoms with E-state index in [2.05, 4.69) is 14.8 Å². The maximum atomic E-state index is 12.7. The number of halogens is 3. The third kappa shape index (κ3) is 5.87. The van der Waals surface area contributed by atoms with Gasteiger partial charge in [0, 0.05) is 24.4 Å². The first-order valence-electron chi connectivity index (χ1n) is 9.47. The number of rotatable bonds is 5. The van der Waals surface area contributed by atoms with Crippen LogP contribution in [-0.2, 0) is 16.2 Å². The molecule has 9 nitrogen and oxygen atoms in total. The van der Waals surface area contributed by atoms with Crippen LogP contribution in [0.4, 0.5) is 18.0 Å². The Hall–Kier alpha value is -3.45. The van der Waals surface area contributed by atoms with Crippen LogP contribution >= 0.6 is 0 Å². The van der Waals surface area contributed by atoms with Gasteiger partial charge in [0.2, 0.25) is 10.0 Å². The number of carbonyl (C=O) groups is 1. The molecule has 0 unspecified atom stereocenters. The third-order valence-corrected chi connectivity index (χ3v) is 6.47. The molecule has 0 saturated heterocycles. The summed E-state index contributed by atoms with van der Waals surface area (Å²) in [5.41, 5.74) is 0.160. The van der Waals surface area contributed by atoms with Gasteiger partial charge >= 0.3 is 12.3 Å². The van der Waals surface area contributed by atoms with Crippen molar-refractivity contribution in [3.8, 4) is 5.82 Å². The minimum absolute atomic E-state index is 0.0598. The number of nitrogens with one attached hydrogen (secondary N) is 1. The lowest BCUT2D eigenvalue weighted by atomic mass is 10.1. The summed E-state index contributed by atoms with van der Waals surface area (Å²) in [7, 11) is -3.81. The molecule has 1 fully saturated rings. The minimum Gasteiger partial charge on any atom is -0.450 e. The maximum Gasteiger partial charge on any atom is 0.503 e. The number of sulfonamides is 1. The number of carboxylic acid groups (broad SMARTS) is 2. The number of aromatic nitrogens is 3. The highest BCUT2D eigenvalue weighted by Crippen LogP contribution is 2.47. The highest BCUT2D eigenvalue weighted by atomic mass is 32.2. The van der Waals surface area contributed by atoms with E-state index in [9.17, 15) is 21.6 Å². The van der Waals surface area contributed by atoms with E-state index in [4.69, 9.17) is 15.0 Å². The van der Waals surface area contributed by atoms with Crippen LogP contribution in [0.3, 0.4) is 0 Å². The van der Waals surface area contributed by atoms with E-state index >= 15 is 0 Å². The van der Waals surface area contributed by atoms with E-state index in [1.807, 2.05) is 37.3 Å². The van der Waals surface area contributed by atoms with E-state index in [1.54, 1.807) is 0 Å². The average Bonchev–Trinajstić information content (AvgIpc) is 3.14. The lowest BCUT2D eigenvalue weighted by Crippen LogP contribution is -2.27. The Morgan fingerprint density at radius 2 is 1.73 bits per heavy atom. The third-order valence-electron chi connectivity index (χ3n) is 5.03. The zero-order valence-electron chi connectivity index (χ0n) is 17.0. The molecule has 0 aliphatic heterocycles. The Kier molecular flexibility index (Phi) is 6.74. The van der Waals surface area contributed by atoms with E-state index in [0.29, 0.717) is 6.20 Å². The van der Waals surface area contributed by atoms with Crippen LogP contribution in [0, 0.1) is 5.92 Å². The highest BCUT2D eigenvalue weighted by Gasteiger charge is 2.49. The van der Waals surface area contributed by atoms with Crippen molar-refractivity contribution < 1.29 is 36.6 Å². The van der Waals surface area contributed by atoms with Crippen molar-refractivity contribution in [2.45, 2.75) is 30.0 Å². The van der Waals surface area contributed by atoms with Gasteiger partial charge in [0.15, 0.2) is 5.82 Å². The van der Waals surface area contributed by atoms with E-state index in [1.165, 1.54) is 12.1 Å². The number of alkyl halides is 3. The lowest BCUT2D eigenvalue weighted by molar-refractivity contribution is -0.137. The van der Waals surface area contributed by atoms with Crippen molar-refractivity contribution in [2.75, 3.05) is 0 Å². The maximum absolute atomic E-state index is 12.7. The van der Waals surface area contributed by atoms with Gasteiger partial charge in [-0.3, -0.25) is 0 Å². The molecule has 0 bridgehead atoms. The van der Waals surface area contributed by atoms with E-state index < -0.39 is 27.9 Å². The number of pyridine rings is 1. The molecule has 176 valence electrons. The van der Waals surface area contributed by atoms with Crippen molar-refractivity contribution in [2.24, 2.45) is 5.92 Å². The molecule has 3 aromatic rings. The summed E-state index contributed by atoms with van der Waals surface area (Å²) >= 11 is 0. The van der Waals surface area contributed by atoms with Gasteiger partial charge in [-0.25, -0.2) is 27.6 Å². The summed E-state index contributed by atoms with van der Waals surface area (Å²) < 4.78 is 67.0. The number of hydrogen-bond acceptors (Lipinski definition) is 5. The van der Waals surface area contributed by atoms with Gasteiger partial charge in [-0.2, -0.15) is 18.3 Å². The quantitative estimate of drug-likeness (QED) is 0.504. The second-order valence-corrected chi connectivity index (χ2v) is 8.96. The second-order valence-electron chi connectivity index (χ2n) is 7.25. The van der Waals surface area contributed by atoms with E-state index in [0.717, 1.165) is 22.6 Å². The molecule has 2 aromatic heterocycles. The van der Waals surface area contributed by atoms with Crippen molar-refractivity contribution in [1.82, 2.24) is 19.5 Å². The van der Waals surface area contributed by atoms with Gasteiger partial charge in [0.25, 0.3) is 0 Å². The monoisotopic (exact) mass is 484 g/mol. The minimum atomic E-state index is -4.51. The number of hydrogen-bond donors (Lipinski definition) is 3. The Morgan fingerprint density at radius 1 is 1.09 bits per heavy atom. The van der Waals surface area contributed by atoms with Gasteiger partial charge in [-0.15, -0.1) is 0 Å². The molecular formula is C20H19F3N4O5S. The second kappa shape index (κ2) is 9.19. The molecule has 0 radical (unpaired) electrons. The zero-order chi connectivity index (χ0) is 24.4. The van der Waals surface area contributed by atoms with Crippen LogP contribution in [0.15, 0.2) is 66.0 Å². The molecule has 0 spiro atoms. The molecule has 3 N–H and O–H groups in total. The smallest absolute Gasteiger partial charge is 0.450 e.